The van der Waals surface area contributed by atoms with Crippen molar-refractivity contribution in [3.63, 3.8) is 0 Å². The minimum atomic E-state index is -0.714. The molecule has 0 amide bonds. The lowest BCUT2D eigenvalue weighted by Gasteiger charge is -2.43. The molecule has 1 aromatic rings. The van der Waals surface area contributed by atoms with Gasteiger partial charge in [0.15, 0.2) is 6.29 Å². The van der Waals surface area contributed by atoms with Gasteiger partial charge in [0.1, 0.15) is 11.5 Å². The second-order valence-corrected chi connectivity index (χ2v) is 9.94. The molecule has 1 saturated carbocycles. The van der Waals surface area contributed by atoms with Gasteiger partial charge in [0.05, 0.1) is 23.4 Å². The van der Waals surface area contributed by atoms with E-state index in [0.717, 1.165) is 24.1 Å². The number of benzene rings is 1. The fourth-order valence-corrected chi connectivity index (χ4v) is 5.13. The lowest BCUT2D eigenvalue weighted by molar-refractivity contribution is -0.141. The largest absolute Gasteiger partial charge is 0.507 e. The zero-order chi connectivity index (χ0) is 26.3. The third-order valence-electron chi connectivity index (χ3n) is 7.61. The molecule has 3 atom stereocenters. The number of hydrogen-bond acceptors (Lipinski definition) is 6. The average Bonchev–Trinajstić information content (AvgIpc) is 2.83. The molecular formula is C28H42ClNO5. The molecule has 0 aliphatic heterocycles. The topological polar surface area (TPSA) is 80.5 Å². The summed E-state index contributed by atoms with van der Waals surface area (Å²) in [6, 6.07) is 0. The molecule has 2 rings (SSSR count). The van der Waals surface area contributed by atoms with Crippen molar-refractivity contribution in [1.82, 2.24) is 0 Å². The van der Waals surface area contributed by atoms with Gasteiger partial charge in [-0.3, -0.25) is 0 Å². The fourth-order valence-electron chi connectivity index (χ4n) is 4.84. The number of halogens is 1. The van der Waals surface area contributed by atoms with Gasteiger partial charge >= 0.3 is 0 Å². The molecule has 0 bridgehead atoms. The highest BCUT2D eigenvalue weighted by Gasteiger charge is 2.40. The lowest BCUT2D eigenvalue weighted by atomic mass is 9.61. The summed E-state index contributed by atoms with van der Waals surface area (Å²) in [7, 11) is 1.55. The van der Waals surface area contributed by atoms with Gasteiger partial charge in [0.25, 0.3) is 0 Å². The summed E-state index contributed by atoms with van der Waals surface area (Å²) >= 11 is 6.66. The third-order valence-corrected chi connectivity index (χ3v) is 8.07. The maximum absolute atomic E-state index is 11.3. The number of nitrogens with zero attached hydrogens (tertiary/aromatic N) is 1. The highest BCUT2D eigenvalue weighted by atomic mass is 35.5. The maximum Gasteiger partial charge on any atom is 0.187 e. The van der Waals surface area contributed by atoms with Gasteiger partial charge in [-0.1, -0.05) is 61.3 Å². The number of hydrogen-bond donors (Lipinski definition) is 2. The molecule has 0 spiro atoms. The van der Waals surface area contributed by atoms with Crippen LogP contribution in [0.3, 0.4) is 0 Å². The predicted octanol–water partition coefficient (Wildman–Crippen LogP) is 7.38. The van der Waals surface area contributed by atoms with Crippen molar-refractivity contribution in [3.05, 3.63) is 45.5 Å². The minimum absolute atomic E-state index is 0.0777. The molecule has 7 heteroatoms. The monoisotopic (exact) mass is 507 g/mol. The first-order chi connectivity index (χ1) is 16.6. The first-order valence-electron chi connectivity index (χ1n) is 12.4. The molecule has 196 valence electrons. The van der Waals surface area contributed by atoms with Gasteiger partial charge in [-0.2, -0.15) is 0 Å². The first-order valence-corrected chi connectivity index (χ1v) is 12.8. The Morgan fingerprint density at radius 3 is 2.43 bits per heavy atom. The summed E-state index contributed by atoms with van der Waals surface area (Å²) in [4.78, 5) is 0. The van der Waals surface area contributed by atoms with Crippen LogP contribution in [0.25, 0.3) is 0 Å². The molecule has 0 saturated heterocycles. The number of phenolic OH excluding ortho intramolecular Hbond substituents is 1. The SMILES string of the molecule is CCOC(OCC)c1c(C)c(Cl)c(OC)c(C/C=C(C)/C=C/[C@@]2(C)[C@H](C)CC/C(=N\O)[C@@H]2C)c1O. The second kappa shape index (κ2) is 12.8. The van der Waals surface area contributed by atoms with E-state index >= 15 is 0 Å². The van der Waals surface area contributed by atoms with Crippen molar-refractivity contribution >= 4 is 17.3 Å². The van der Waals surface area contributed by atoms with Crippen LogP contribution in [0.4, 0.5) is 0 Å². The van der Waals surface area contributed by atoms with Gasteiger partial charge in [-0.05, 0) is 63.9 Å². The molecule has 35 heavy (non-hydrogen) atoms. The smallest absolute Gasteiger partial charge is 0.187 e. The van der Waals surface area contributed by atoms with Crippen LogP contribution >= 0.6 is 11.6 Å². The lowest BCUT2D eigenvalue weighted by Crippen LogP contribution is -2.40. The first kappa shape index (κ1) is 29.2. The van der Waals surface area contributed by atoms with E-state index in [1.807, 2.05) is 33.8 Å². The van der Waals surface area contributed by atoms with Crippen LogP contribution in [-0.2, 0) is 15.9 Å². The van der Waals surface area contributed by atoms with Crippen LogP contribution in [0, 0.1) is 24.2 Å². The Balaban J connectivity index is 2.42. The Morgan fingerprint density at radius 2 is 1.89 bits per heavy atom. The summed E-state index contributed by atoms with van der Waals surface area (Å²) < 4.78 is 17.1. The standard InChI is InChI=1S/C28H42ClNO5/c1-9-34-27(35-10-2)23-19(5)24(29)26(33-8)21(25(23)31)13-11-17(3)15-16-28(7)18(4)12-14-22(30-32)20(28)6/h11,15-16,18,20,27,31-32H,9-10,12-14H2,1-8H3/b16-15+,17-11+,30-22+/t18-,20+,28+/m1/s1. The number of ether oxygens (including phenoxy) is 3. The molecule has 1 fully saturated rings. The molecular weight excluding hydrogens is 466 g/mol. The van der Waals surface area contributed by atoms with Gasteiger partial charge in [0.2, 0.25) is 0 Å². The normalized spacial score (nSPS) is 24.6. The number of phenols is 1. The van der Waals surface area contributed by atoms with Crippen LogP contribution in [0.15, 0.2) is 29.0 Å². The van der Waals surface area contributed by atoms with E-state index in [1.165, 1.54) is 0 Å². The number of oxime groups is 1. The molecule has 1 aliphatic carbocycles. The van der Waals surface area contributed by atoms with E-state index in [-0.39, 0.29) is 17.1 Å². The molecule has 0 heterocycles. The second-order valence-electron chi connectivity index (χ2n) is 9.56. The van der Waals surface area contributed by atoms with Crippen molar-refractivity contribution in [2.75, 3.05) is 20.3 Å². The average molecular weight is 508 g/mol. The molecule has 0 radical (unpaired) electrons. The number of aromatic hydroxyl groups is 1. The summed E-state index contributed by atoms with van der Waals surface area (Å²) in [5.74, 6) is 1.14. The van der Waals surface area contributed by atoms with E-state index in [1.54, 1.807) is 7.11 Å². The summed E-state index contributed by atoms with van der Waals surface area (Å²) in [6.45, 7) is 15.1. The van der Waals surface area contributed by atoms with Gasteiger partial charge < -0.3 is 24.5 Å². The molecule has 0 unspecified atom stereocenters. The number of rotatable bonds is 10. The Bertz CT molecular complexity index is 965. The van der Waals surface area contributed by atoms with Gasteiger partial charge in [0, 0.05) is 24.7 Å². The van der Waals surface area contributed by atoms with Crippen molar-refractivity contribution in [2.45, 2.75) is 74.0 Å². The molecule has 2 N–H and O–H groups in total. The van der Waals surface area contributed by atoms with Crippen molar-refractivity contribution in [2.24, 2.45) is 22.4 Å². The Labute approximate surface area is 215 Å². The Kier molecular flexibility index (Phi) is 10.7. The molecule has 1 aliphatic rings. The van der Waals surface area contributed by atoms with Crippen LogP contribution in [0.5, 0.6) is 11.5 Å². The number of allylic oxidation sites excluding steroid dienone is 4. The van der Waals surface area contributed by atoms with Gasteiger partial charge in [-0.25, -0.2) is 0 Å². The zero-order valence-corrected chi connectivity index (χ0v) is 23.2. The molecule has 1 aromatic carbocycles. The Hall–Kier alpha value is -2.02. The van der Waals surface area contributed by atoms with Crippen LogP contribution in [0.2, 0.25) is 5.02 Å². The predicted molar refractivity (Wildman–Crippen MR) is 142 cm³/mol. The van der Waals surface area contributed by atoms with E-state index < -0.39 is 6.29 Å². The summed E-state index contributed by atoms with van der Waals surface area (Å²) in [5.41, 5.74) is 3.58. The highest BCUT2D eigenvalue weighted by Crippen LogP contribution is 2.46. The summed E-state index contributed by atoms with van der Waals surface area (Å²) in [6.07, 6.45) is 7.91. The van der Waals surface area contributed by atoms with E-state index in [4.69, 9.17) is 25.8 Å². The molecule has 6 nitrogen and oxygen atoms in total. The van der Waals surface area contributed by atoms with Crippen molar-refractivity contribution in [3.8, 4) is 11.5 Å². The third kappa shape index (κ3) is 6.22. The van der Waals surface area contributed by atoms with E-state index in [9.17, 15) is 10.3 Å². The van der Waals surface area contributed by atoms with Crippen LogP contribution in [-0.4, -0.2) is 36.3 Å². The van der Waals surface area contributed by atoms with Crippen LogP contribution in [0.1, 0.15) is 77.4 Å². The van der Waals surface area contributed by atoms with Crippen LogP contribution < -0.4 is 4.74 Å². The molecule has 0 aromatic heterocycles. The van der Waals surface area contributed by atoms with Crippen molar-refractivity contribution < 1.29 is 24.5 Å². The minimum Gasteiger partial charge on any atom is -0.507 e. The zero-order valence-electron chi connectivity index (χ0n) is 22.4. The Morgan fingerprint density at radius 1 is 1.26 bits per heavy atom. The van der Waals surface area contributed by atoms with Gasteiger partial charge in [-0.15, -0.1) is 0 Å². The quantitative estimate of drug-likeness (QED) is 0.149. The fraction of sp³-hybridized carbons (Fsp3) is 0.607. The van der Waals surface area contributed by atoms with E-state index in [2.05, 4.69) is 38.1 Å². The summed E-state index contributed by atoms with van der Waals surface area (Å²) in [5, 5.41) is 24.6. The van der Waals surface area contributed by atoms with Crippen molar-refractivity contribution in [1.29, 1.82) is 0 Å². The number of methoxy groups -OCH3 is 1. The maximum atomic E-state index is 11.3. The van der Waals surface area contributed by atoms with E-state index in [0.29, 0.717) is 53.0 Å². The highest BCUT2D eigenvalue weighted by molar-refractivity contribution is 6.33.